The molecular weight excluding hydrogens is 224 g/mol. The van der Waals surface area contributed by atoms with Crippen molar-refractivity contribution in [1.29, 1.82) is 0 Å². The second kappa shape index (κ2) is 6.18. The van der Waals surface area contributed by atoms with E-state index in [0.717, 1.165) is 37.5 Å². The van der Waals surface area contributed by atoms with E-state index in [1.54, 1.807) is 0 Å². The molecule has 2 nitrogen and oxygen atoms in total. The lowest BCUT2D eigenvalue weighted by Crippen LogP contribution is -2.38. The number of carbonyl (C=O) groups is 1. The second-order valence-corrected chi connectivity index (χ2v) is 6.35. The van der Waals surface area contributed by atoms with Crippen LogP contribution in [-0.2, 0) is 9.53 Å². The van der Waals surface area contributed by atoms with Gasteiger partial charge in [0.2, 0.25) is 0 Å². The van der Waals surface area contributed by atoms with E-state index in [1.165, 1.54) is 38.5 Å². The molecule has 0 bridgehead atoms. The summed E-state index contributed by atoms with van der Waals surface area (Å²) in [5.41, 5.74) is 0.176. The van der Waals surface area contributed by atoms with Crippen LogP contribution in [0.2, 0.25) is 0 Å². The van der Waals surface area contributed by atoms with Crippen molar-refractivity contribution in [2.75, 3.05) is 7.11 Å². The molecule has 0 aliphatic heterocycles. The molecule has 0 radical (unpaired) electrons. The van der Waals surface area contributed by atoms with Crippen LogP contribution in [0.4, 0.5) is 0 Å². The first-order valence-corrected chi connectivity index (χ1v) is 7.76. The van der Waals surface area contributed by atoms with E-state index in [1.807, 2.05) is 7.11 Å². The van der Waals surface area contributed by atoms with Gasteiger partial charge in [-0.1, -0.05) is 13.3 Å². The normalized spacial score (nSPS) is 34.8. The van der Waals surface area contributed by atoms with Gasteiger partial charge in [0.15, 0.2) is 0 Å². The molecule has 2 fully saturated rings. The van der Waals surface area contributed by atoms with Gasteiger partial charge in [-0.2, -0.15) is 0 Å². The van der Waals surface area contributed by atoms with E-state index in [0.29, 0.717) is 5.78 Å². The lowest BCUT2D eigenvalue weighted by molar-refractivity contribution is -0.121. The standard InChI is InChI=1S/C16H28O2/c1-3-10-16(18-2)11-8-14(9-12-16)13-4-6-15(17)7-5-13/h13-14H,3-12H2,1-2H3. The molecule has 0 amide bonds. The third kappa shape index (κ3) is 3.14. The predicted molar refractivity (Wildman–Crippen MR) is 73.6 cm³/mol. The third-order valence-electron chi connectivity index (χ3n) is 5.33. The highest BCUT2D eigenvalue weighted by Crippen LogP contribution is 2.43. The summed E-state index contributed by atoms with van der Waals surface area (Å²) in [6.07, 6.45) is 11.5. The quantitative estimate of drug-likeness (QED) is 0.752. The monoisotopic (exact) mass is 252 g/mol. The average Bonchev–Trinajstić information content (AvgIpc) is 2.41. The summed E-state index contributed by atoms with van der Waals surface area (Å²) in [4.78, 5) is 11.3. The number of hydrogen-bond donors (Lipinski definition) is 0. The molecule has 2 saturated carbocycles. The Morgan fingerprint density at radius 2 is 1.67 bits per heavy atom. The first-order valence-electron chi connectivity index (χ1n) is 7.76. The van der Waals surface area contributed by atoms with Crippen molar-refractivity contribution in [3.8, 4) is 0 Å². The molecule has 0 saturated heterocycles. The van der Waals surface area contributed by atoms with Crippen molar-refractivity contribution in [3.05, 3.63) is 0 Å². The highest BCUT2D eigenvalue weighted by Gasteiger charge is 2.37. The fourth-order valence-corrected chi connectivity index (χ4v) is 4.08. The fraction of sp³-hybridized carbons (Fsp3) is 0.938. The van der Waals surface area contributed by atoms with E-state index < -0.39 is 0 Å². The molecular formula is C16H28O2. The summed E-state index contributed by atoms with van der Waals surface area (Å²) in [5, 5.41) is 0. The topological polar surface area (TPSA) is 26.3 Å². The molecule has 0 N–H and O–H groups in total. The summed E-state index contributed by atoms with van der Waals surface area (Å²) in [7, 11) is 1.88. The van der Waals surface area contributed by atoms with Gasteiger partial charge < -0.3 is 4.74 Å². The van der Waals surface area contributed by atoms with Crippen LogP contribution in [0.3, 0.4) is 0 Å². The zero-order chi connectivity index (χ0) is 13.0. The Balaban J connectivity index is 1.84. The Labute approximate surface area is 111 Å². The van der Waals surface area contributed by atoms with Crippen LogP contribution in [0.1, 0.15) is 71.1 Å². The number of carbonyl (C=O) groups excluding carboxylic acids is 1. The average molecular weight is 252 g/mol. The van der Waals surface area contributed by atoms with Crippen molar-refractivity contribution in [3.63, 3.8) is 0 Å². The first-order chi connectivity index (χ1) is 8.69. The van der Waals surface area contributed by atoms with Gasteiger partial charge in [0.1, 0.15) is 5.78 Å². The molecule has 104 valence electrons. The van der Waals surface area contributed by atoms with E-state index in [2.05, 4.69) is 6.92 Å². The van der Waals surface area contributed by atoms with Gasteiger partial charge >= 0.3 is 0 Å². The molecule has 0 aromatic rings. The Morgan fingerprint density at radius 3 is 2.17 bits per heavy atom. The maximum absolute atomic E-state index is 11.3. The minimum Gasteiger partial charge on any atom is -0.378 e. The van der Waals surface area contributed by atoms with Gasteiger partial charge in [-0.15, -0.1) is 0 Å². The van der Waals surface area contributed by atoms with Crippen LogP contribution in [0.5, 0.6) is 0 Å². The Bertz CT molecular complexity index is 267. The maximum Gasteiger partial charge on any atom is 0.132 e. The molecule has 0 unspecified atom stereocenters. The van der Waals surface area contributed by atoms with Crippen molar-refractivity contribution in [2.24, 2.45) is 11.8 Å². The third-order valence-corrected chi connectivity index (χ3v) is 5.33. The van der Waals surface area contributed by atoms with Crippen molar-refractivity contribution < 1.29 is 9.53 Å². The van der Waals surface area contributed by atoms with E-state index in [4.69, 9.17) is 4.74 Å². The summed E-state index contributed by atoms with van der Waals surface area (Å²) < 4.78 is 5.82. The van der Waals surface area contributed by atoms with Crippen molar-refractivity contribution >= 4 is 5.78 Å². The molecule has 0 aromatic carbocycles. The van der Waals surface area contributed by atoms with Crippen LogP contribution in [-0.4, -0.2) is 18.5 Å². The Hall–Kier alpha value is -0.370. The summed E-state index contributed by atoms with van der Waals surface area (Å²) >= 11 is 0. The van der Waals surface area contributed by atoms with Gasteiger partial charge in [0, 0.05) is 20.0 Å². The number of ether oxygens (including phenoxy) is 1. The lowest BCUT2D eigenvalue weighted by atomic mass is 9.68. The van der Waals surface area contributed by atoms with Gasteiger partial charge in [-0.25, -0.2) is 0 Å². The van der Waals surface area contributed by atoms with E-state index >= 15 is 0 Å². The number of Topliss-reactive ketones (excluding diaryl/α,β-unsaturated/α-hetero) is 1. The predicted octanol–water partition coefficient (Wildman–Crippen LogP) is 4.12. The summed E-state index contributed by atoms with van der Waals surface area (Å²) in [6.45, 7) is 2.25. The number of rotatable bonds is 4. The molecule has 18 heavy (non-hydrogen) atoms. The molecule has 2 aliphatic carbocycles. The second-order valence-electron chi connectivity index (χ2n) is 6.35. The Kier molecular flexibility index (Phi) is 4.83. The number of hydrogen-bond acceptors (Lipinski definition) is 2. The number of ketones is 1. The smallest absolute Gasteiger partial charge is 0.132 e. The highest BCUT2D eigenvalue weighted by molar-refractivity contribution is 5.79. The zero-order valence-corrected chi connectivity index (χ0v) is 12.0. The lowest BCUT2D eigenvalue weighted by Gasteiger charge is -2.42. The summed E-state index contributed by atoms with van der Waals surface area (Å²) in [6, 6.07) is 0. The van der Waals surface area contributed by atoms with Crippen LogP contribution >= 0.6 is 0 Å². The van der Waals surface area contributed by atoms with Crippen LogP contribution in [0.15, 0.2) is 0 Å². The van der Waals surface area contributed by atoms with Gasteiger partial charge in [-0.05, 0) is 56.8 Å². The van der Waals surface area contributed by atoms with Gasteiger partial charge in [0.25, 0.3) is 0 Å². The molecule has 2 rings (SSSR count). The van der Waals surface area contributed by atoms with Crippen molar-refractivity contribution in [1.82, 2.24) is 0 Å². The molecule has 2 heteroatoms. The summed E-state index contributed by atoms with van der Waals surface area (Å²) in [5.74, 6) is 2.16. The minimum atomic E-state index is 0.176. The van der Waals surface area contributed by atoms with Crippen LogP contribution in [0.25, 0.3) is 0 Å². The maximum atomic E-state index is 11.3. The Morgan fingerprint density at radius 1 is 1.11 bits per heavy atom. The largest absolute Gasteiger partial charge is 0.378 e. The first kappa shape index (κ1) is 14.0. The molecule has 0 aromatic heterocycles. The van der Waals surface area contributed by atoms with E-state index in [-0.39, 0.29) is 5.60 Å². The molecule has 2 aliphatic rings. The van der Waals surface area contributed by atoms with Gasteiger partial charge in [0.05, 0.1) is 5.60 Å². The van der Waals surface area contributed by atoms with E-state index in [9.17, 15) is 4.79 Å². The van der Waals surface area contributed by atoms with Crippen LogP contribution < -0.4 is 0 Å². The molecule has 0 spiro atoms. The SMILES string of the molecule is CCCC1(OC)CCC(C2CCC(=O)CC2)CC1. The zero-order valence-electron chi connectivity index (χ0n) is 12.0. The highest BCUT2D eigenvalue weighted by atomic mass is 16.5. The van der Waals surface area contributed by atoms with Crippen LogP contribution in [0, 0.1) is 11.8 Å². The molecule has 0 heterocycles. The fourth-order valence-electron chi connectivity index (χ4n) is 4.08. The van der Waals surface area contributed by atoms with Gasteiger partial charge in [-0.3, -0.25) is 4.79 Å². The molecule has 0 atom stereocenters. The minimum absolute atomic E-state index is 0.176. The van der Waals surface area contributed by atoms with Crippen molar-refractivity contribution in [2.45, 2.75) is 76.7 Å². The number of methoxy groups -OCH3 is 1.